The molecule has 1 atom stereocenters. The zero-order valence-electron chi connectivity index (χ0n) is 10.6. The summed E-state index contributed by atoms with van der Waals surface area (Å²) in [6.45, 7) is 1.07. The van der Waals surface area contributed by atoms with Crippen LogP contribution in [0.25, 0.3) is 0 Å². The number of alkyl carbamates (subject to hydrolysis) is 1. The molecule has 102 valence electrons. The van der Waals surface area contributed by atoms with E-state index in [-0.39, 0.29) is 18.0 Å². The molecule has 0 unspecified atom stereocenters. The van der Waals surface area contributed by atoms with Crippen LogP contribution in [0, 0.1) is 0 Å². The second kappa shape index (κ2) is 6.72. The number of nitrogens with zero attached hydrogens (tertiary/aromatic N) is 1. The number of rotatable bonds is 6. The van der Waals surface area contributed by atoms with E-state index in [0.717, 1.165) is 19.3 Å². The van der Waals surface area contributed by atoms with Crippen LogP contribution in [0.4, 0.5) is 4.79 Å². The number of amides is 2. The van der Waals surface area contributed by atoms with Crippen LogP contribution >= 0.6 is 0 Å². The predicted molar refractivity (Wildman–Crippen MR) is 68.7 cm³/mol. The Bertz CT molecular complexity index is 436. The van der Waals surface area contributed by atoms with Crippen molar-refractivity contribution in [3.63, 3.8) is 0 Å². The zero-order valence-corrected chi connectivity index (χ0v) is 10.6. The van der Waals surface area contributed by atoms with Gasteiger partial charge in [-0.3, -0.25) is 9.78 Å². The highest BCUT2D eigenvalue weighted by Gasteiger charge is 2.21. The molecule has 2 heterocycles. The summed E-state index contributed by atoms with van der Waals surface area (Å²) in [4.78, 5) is 26.4. The lowest BCUT2D eigenvalue weighted by Gasteiger charge is -2.07. The number of ether oxygens (including phenoxy) is 1. The summed E-state index contributed by atoms with van der Waals surface area (Å²) in [7, 11) is 0. The van der Waals surface area contributed by atoms with Crippen molar-refractivity contribution in [3.05, 3.63) is 30.1 Å². The molecule has 1 saturated heterocycles. The van der Waals surface area contributed by atoms with E-state index in [9.17, 15) is 9.59 Å². The summed E-state index contributed by atoms with van der Waals surface area (Å²) >= 11 is 0. The maximum absolute atomic E-state index is 11.7. The molecule has 2 N–H and O–H groups in total. The van der Waals surface area contributed by atoms with E-state index in [1.54, 1.807) is 24.5 Å². The summed E-state index contributed by atoms with van der Waals surface area (Å²) in [5.74, 6) is -0.106. The largest absolute Gasteiger partial charge is 0.447 e. The number of hydrogen-bond donors (Lipinski definition) is 2. The Balaban J connectivity index is 1.57. The van der Waals surface area contributed by atoms with Crippen molar-refractivity contribution >= 4 is 12.0 Å². The van der Waals surface area contributed by atoms with Gasteiger partial charge in [0.25, 0.3) is 5.91 Å². The third-order valence-electron chi connectivity index (χ3n) is 2.93. The molecule has 0 bridgehead atoms. The monoisotopic (exact) mass is 263 g/mol. The van der Waals surface area contributed by atoms with E-state index in [1.807, 2.05) is 0 Å². The van der Waals surface area contributed by atoms with Crippen LogP contribution in [0.15, 0.2) is 24.5 Å². The molecular weight excluding hydrogens is 246 g/mol. The van der Waals surface area contributed by atoms with Gasteiger partial charge in [-0.1, -0.05) is 0 Å². The standard InChI is InChI=1S/C13H17N3O3/c17-12(10-4-3-6-14-8-10)15-7-2-1-5-11-9-19-13(18)16-11/h3-4,6,8,11H,1-2,5,7,9H2,(H,15,17)(H,16,18)/t11-/m0/s1. The summed E-state index contributed by atoms with van der Waals surface area (Å²) < 4.78 is 4.79. The first kappa shape index (κ1) is 13.3. The van der Waals surface area contributed by atoms with Crippen LogP contribution < -0.4 is 10.6 Å². The minimum absolute atomic E-state index is 0.106. The molecule has 0 radical (unpaired) electrons. The molecule has 2 amide bonds. The van der Waals surface area contributed by atoms with Gasteiger partial charge < -0.3 is 15.4 Å². The number of nitrogens with one attached hydrogen (secondary N) is 2. The molecule has 1 fully saturated rings. The predicted octanol–water partition coefficient (Wildman–Crippen LogP) is 1.09. The van der Waals surface area contributed by atoms with Gasteiger partial charge in [0.1, 0.15) is 6.61 Å². The molecule has 6 heteroatoms. The number of unbranched alkanes of at least 4 members (excludes halogenated alkanes) is 1. The van der Waals surface area contributed by atoms with E-state index in [1.165, 1.54) is 0 Å². The Morgan fingerprint density at radius 3 is 3.11 bits per heavy atom. The number of carbonyl (C=O) groups is 2. The van der Waals surface area contributed by atoms with Crippen molar-refractivity contribution < 1.29 is 14.3 Å². The fourth-order valence-electron chi connectivity index (χ4n) is 1.90. The Hall–Kier alpha value is -2.11. The van der Waals surface area contributed by atoms with Crippen molar-refractivity contribution in [1.82, 2.24) is 15.6 Å². The maximum Gasteiger partial charge on any atom is 0.407 e. The van der Waals surface area contributed by atoms with Gasteiger partial charge in [0.2, 0.25) is 0 Å². The van der Waals surface area contributed by atoms with Gasteiger partial charge in [0.15, 0.2) is 0 Å². The fraction of sp³-hybridized carbons (Fsp3) is 0.462. The van der Waals surface area contributed by atoms with Crippen molar-refractivity contribution in [3.8, 4) is 0 Å². The van der Waals surface area contributed by atoms with Crippen LogP contribution in [0.2, 0.25) is 0 Å². The molecule has 0 spiro atoms. The third kappa shape index (κ3) is 4.24. The first-order valence-corrected chi connectivity index (χ1v) is 6.37. The molecule has 6 nitrogen and oxygen atoms in total. The lowest BCUT2D eigenvalue weighted by atomic mass is 10.1. The SMILES string of the molecule is O=C1N[C@@H](CCCCNC(=O)c2cccnc2)CO1. The van der Waals surface area contributed by atoms with Gasteiger partial charge in [-0.05, 0) is 31.4 Å². The summed E-state index contributed by atoms with van der Waals surface area (Å²) in [6.07, 6.45) is 5.51. The molecule has 0 aromatic carbocycles. The Kier molecular flexibility index (Phi) is 4.72. The average molecular weight is 263 g/mol. The van der Waals surface area contributed by atoms with Gasteiger partial charge in [-0.2, -0.15) is 0 Å². The van der Waals surface area contributed by atoms with E-state index >= 15 is 0 Å². The Morgan fingerprint density at radius 2 is 2.42 bits per heavy atom. The highest BCUT2D eigenvalue weighted by atomic mass is 16.6. The first-order chi connectivity index (χ1) is 9.25. The number of carbonyl (C=O) groups excluding carboxylic acids is 2. The van der Waals surface area contributed by atoms with Crippen molar-refractivity contribution in [2.75, 3.05) is 13.2 Å². The maximum atomic E-state index is 11.7. The van der Waals surface area contributed by atoms with Gasteiger partial charge in [0.05, 0.1) is 11.6 Å². The average Bonchev–Trinajstić information content (AvgIpc) is 2.85. The van der Waals surface area contributed by atoms with Gasteiger partial charge >= 0.3 is 6.09 Å². The van der Waals surface area contributed by atoms with Crippen LogP contribution in [0.5, 0.6) is 0 Å². The van der Waals surface area contributed by atoms with E-state index < -0.39 is 0 Å². The third-order valence-corrected chi connectivity index (χ3v) is 2.93. The minimum Gasteiger partial charge on any atom is -0.447 e. The molecule has 1 aromatic rings. The van der Waals surface area contributed by atoms with Gasteiger partial charge in [0, 0.05) is 18.9 Å². The molecule has 0 aliphatic carbocycles. The molecule has 2 rings (SSSR count). The van der Waals surface area contributed by atoms with E-state index in [0.29, 0.717) is 18.7 Å². The lowest BCUT2D eigenvalue weighted by Crippen LogP contribution is -2.27. The number of aromatic nitrogens is 1. The highest BCUT2D eigenvalue weighted by molar-refractivity contribution is 5.93. The topological polar surface area (TPSA) is 80.3 Å². The van der Waals surface area contributed by atoms with Crippen LogP contribution in [-0.4, -0.2) is 36.2 Å². The van der Waals surface area contributed by atoms with Crippen LogP contribution in [-0.2, 0) is 4.74 Å². The Labute approximate surface area is 111 Å². The summed E-state index contributed by atoms with van der Waals surface area (Å²) in [5.41, 5.74) is 0.568. The first-order valence-electron chi connectivity index (χ1n) is 6.37. The molecule has 1 aliphatic heterocycles. The van der Waals surface area contributed by atoms with Crippen molar-refractivity contribution in [1.29, 1.82) is 0 Å². The zero-order chi connectivity index (χ0) is 13.5. The van der Waals surface area contributed by atoms with E-state index in [2.05, 4.69) is 15.6 Å². The summed E-state index contributed by atoms with van der Waals surface area (Å²) in [6, 6.07) is 3.58. The number of pyridine rings is 1. The molecule has 0 saturated carbocycles. The second-order valence-corrected chi connectivity index (χ2v) is 4.43. The number of hydrogen-bond acceptors (Lipinski definition) is 4. The smallest absolute Gasteiger partial charge is 0.407 e. The normalized spacial score (nSPS) is 17.7. The quantitative estimate of drug-likeness (QED) is 0.753. The van der Waals surface area contributed by atoms with E-state index in [4.69, 9.17) is 4.74 Å². The van der Waals surface area contributed by atoms with Crippen LogP contribution in [0.1, 0.15) is 29.6 Å². The minimum atomic E-state index is -0.338. The van der Waals surface area contributed by atoms with Crippen molar-refractivity contribution in [2.45, 2.75) is 25.3 Å². The highest BCUT2D eigenvalue weighted by Crippen LogP contribution is 2.06. The molecule has 1 aromatic heterocycles. The van der Waals surface area contributed by atoms with Crippen LogP contribution in [0.3, 0.4) is 0 Å². The molecule has 1 aliphatic rings. The fourth-order valence-corrected chi connectivity index (χ4v) is 1.90. The molecule has 19 heavy (non-hydrogen) atoms. The van der Waals surface area contributed by atoms with Gasteiger partial charge in [-0.25, -0.2) is 4.79 Å². The summed E-state index contributed by atoms with van der Waals surface area (Å²) in [5, 5.41) is 5.56. The van der Waals surface area contributed by atoms with Gasteiger partial charge in [-0.15, -0.1) is 0 Å². The second-order valence-electron chi connectivity index (χ2n) is 4.43. The Morgan fingerprint density at radius 1 is 1.53 bits per heavy atom. The molecular formula is C13H17N3O3. The number of cyclic esters (lactones) is 1. The van der Waals surface area contributed by atoms with Crippen molar-refractivity contribution in [2.24, 2.45) is 0 Å². The lowest BCUT2D eigenvalue weighted by molar-refractivity contribution is 0.0952.